The second kappa shape index (κ2) is 10.9. The van der Waals surface area contributed by atoms with Crippen LogP contribution in [0.5, 0.6) is 0 Å². The Morgan fingerprint density at radius 2 is 1.70 bits per heavy atom. The molecule has 3 amide bonds. The molecule has 1 unspecified atom stereocenters. The normalized spacial score (nSPS) is 22.1. The lowest BCUT2D eigenvalue weighted by atomic mass is 9.66. The summed E-state index contributed by atoms with van der Waals surface area (Å²) in [6, 6.07) is 12.7. The van der Waals surface area contributed by atoms with Crippen molar-refractivity contribution in [3.63, 3.8) is 0 Å². The number of hydrogen-bond donors (Lipinski definition) is 4. The number of aryl methyl sites for hydroxylation is 2. The predicted octanol–water partition coefficient (Wildman–Crippen LogP) is 1.35. The van der Waals surface area contributed by atoms with Crippen LogP contribution in [0.4, 0.5) is 0 Å². The number of piperidine rings is 1. The molecular formula is C31H35N9O3. The zero-order valence-electron chi connectivity index (χ0n) is 24.2. The van der Waals surface area contributed by atoms with Gasteiger partial charge in [0.15, 0.2) is 5.82 Å². The highest BCUT2D eigenvalue weighted by atomic mass is 16.2. The van der Waals surface area contributed by atoms with Gasteiger partial charge in [-0.1, -0.05) is 31.2 Å². The molecule has 3 aromatic rings. The molecule has 1 saturated heterocycles. The number of hydrogen-bond acceptors (Lipinski definition) is 8. The van der Waals surface area contributed by atoms with E-state index in [1.165, 1.54) is 0 Å². The van der Waals surface area contributed by atoms with Gasteiger partial charge in [0.2, 0.25) is 17.7 Å². The van der Waals surface area contributed by atoms with E-state index in [4.69, 9.17) is 11.5 Å². The summed E-state index contributed by atoms with van der Waals surface area (Å²) >= 11 is 0. The average molecular weight is 582 g/mol. The Hall–Kier alpha value is -4.63. The number of likely N-dealkylation sites (tertiary alicyclic amines) is 1. The average Bonchev–Trinajstić information content (AvgIpc) is 3.37. The molecule has 0 spiro atoms. The van der Waals surface area contributed by atoms with Crippen molar-refractivity contribution in [3.05, 3.63) is 75.6 Å². The third kappa shape index (κ3) is 4.93. The molecule has 2 heterocycles. The Morgan fingerprint density at radius 3 is 2.21 bits per heavy atom. The van der Waals surface area contributed by atoms with Crippen LogP contribution >= 0.6 is 0 Å². The van der Waals surface area contributed by atoms with Crippen molar-refractivity contribution in [1.82, 2.24) is 30.8 Å². The monoisotopic (exact) mass is 581 g/mol. The lowest BCUT2D eigenvalue weighted by Crippen LogP contribution is -2.49. The minimum Gasteiger partial charge on any atom is -0.366 e. The van der Waals surface area contributed by atoms with Crippen molar-refractivity contribution < 1.29 is 14.4 Å². The summed E-state index contributed by atoms with van der Waals surface area (Å²) in [6.45, 7) is 4.26. The highest BCUT2D eigenvalue weighted by Gasteiger charge is 2.54. The minimum absolute atomic E-state index is 0.0744. The zero-order valence-corrected chi connectivity index (χ0v) is 24.2. The van der Waals surface area contributed by atoms with Gasteiger partial charge in [0.1, 0.15) is 6.04 Å². The second-order valence-corrected chi connectivity index (χ2v) is 12.3. The maximum atomic E-state index is 13.4. The van der Waals surface area contributed by atoms with Gasteiger partial charge in [-0.2, -0.15) is 10.5 Å². The summed E-state index contributed by atoms with van der Waals surface area (Å²) in [7, 11) is 0. The minimum atomic E-state index is -0.962. The maximum Gasteiger partial charge on any atom is 0.248 e. The summed E-state index contributed by atoms with van der Waals surface area (Å²) in [5.41, 5.74) is 14.8. The predicted molar refractivity (Wildman–Crippen MR) is 155 cm³/mol. The zero-order chi connectivity index (χ0) is 30.5. The molecule has 6 N–H and O–H groups in total. The molecular weight excluding hydrogens is 546 g/mol. The highest BCUT2D eigenvalue weighted by molar-refractivity contribution is 5.94. The number of amides is 3. The third-order valence-corrected chi connectivity index (χ3v) is 9.48. The molecule has 1 saturated carbocycles. The highest BCUT2D eigenvalue weighted by Crippen LogP contribution is 2.49. The molecule has 43 heavy (non-hydrogen) atoms. The summed E-state index contributed by atoms with van der Waals surface area (Å²) in [4.78, 5) is 39.5. The standard InChI is InChI=1S/C31H35N9O3/c1-16(2)25(35-15-27(41)40-22(14-32)11-21-12-26(21)40)13-31(30-36-38-39-37-30)23-7-5-19(28(33)42)9-17(23)3-4-18-10-20(29(34)43)6-8-24(18)31/h5-10,16,21-22,25-26,35H,3-4,11-13,15H2,1-2H3,(H2,33,42)(H2,34,43)(H,36,37,38,39)/t21-,22?,25+,26+/m1/s1. The van der Waals surface area contributed by atoms with E-state index in [0.29, 0.717) is 42.1 Å². The van der Waals surface area contributed by atoms with Gasteiger partial charge in [0.05, 0.1) is 18.0 Å². The van der Waals surface area contributed by atoms with Crippen LogP contribution in [0, 0.1) is 23.2 Å². The Kier molecular flexibility index (Phi) is 7.22. The van der Waals surface area contributed by atoms with Gasteiger partial charge in [-0.25, -0.2) is 0 Å². The van der Waals surface area contributed by atoms with Gasteiger partial charge < -0.3 is 21.7 Å². The molecule has 0 radical (unpaired) electrons. The van der Waals surface area contributed by atoms with Crippen LogP contribution in [0.15, 0.2) is 36.4 Å². The van der Waals surface area contributed by atoms with Crippen molar-refractivity contribution in [2.75, 3.05) is 6.54 Å². The molecule has 2 aliphatic carbocycles. The number of nitrogens with two attached hydrogens (primary N) is 2. The fourth-order valence-electron chi connectivity index (χ4n) is 7.16. The second-order valence-electron chi connectivity index (χ2n) is 12.3. The summed E-state index contributed by atoms with van der Waals surface area (Å²) < 4.78 is 0. The largest absolute Gasteiger partial charge is 0.366 e. The fourth-order valence-corrected chi connectivity index (χ4v) is 7.16. The summed E-state index contributed by atoms with van der Waals surface area (Å²) in [5.74, 6) is -0.178. The first kappa shape index (κ1) is 28.5. The van der Waals surface area contributed by atoms with E-state index in [1.807, 2.05) is 24.3 Å². The van der Waals surface area contributed by atoms with Crippen LogP contribution in [0.2, 0.25) is 0 Å². The summed E-state index contributed by atoms with van der Waals surface area (Å²) in [6.07, 6.45) is 3.31. The number of primary amides is 2. The molecule has 2 aromatic carbocycles. The van der Waals surface area contributed by atoms with Crippen LogP contribution < -0.4 is 16.8 Å². The molecule has 2 fully saturated rings. The van der Waals surface area contributed by atoms with E-state index < -0.39 is 17.2 Å². The Labute approximate surface area is 249 Å². The van der Waals surface area contributed by atoms with Crippen molar-refractivity contribution in [3.8, 4) is 6.07 Å². The van der Waals surface area contributed by atoms with Crippen LogP contribution in [-0.2, 0) is 23.1 Å². The number of carbonyl (C=O) groups is 3. The first-order chi connectivity index (χ1) is 20.6. The number of rotatable bonds is 9. The first-order valence-corrected chi connectivity index (χ1v) is 14.7. The molecule has 6 rings (SSSR count). The van der Waals surface area contributed by atoms with Crippen LogP contribution in [0.1, 0.15) is 81.9 Å². The number of fused-ring (bicyclic) bond motifs is 3. The van der Waals surface area contributed by atoms with Gasteiger partial charge in [-0.05, 0) is 90.5 Å². The first-order valence-electron chi connectivity index (χ1n) is 14.7. The molecule has 3 aliphatic rings. The molecule has 1 aromatic heterocycles. The van der Waals surface area contributed by atoms with E-state index in [9.17, 15) is 19.6 Å². The molecule has 4 atom stereocenters. The van der Waals surface area contributed by atoms with Crippen LogP contribution in [0.3, 0.4) is 0 Å². The lowest BCUT2D eigenvalue weighted by Gasteiger charge is -2.38. The fraction of sp³-hybridized carbons (Fsp3) is 0.452. The number of carbonyl (C=O) groups excluding carboxylic acids is 3. The van der Waals surface area contributed by atoms with Crippen LogP contribution in [0.25, 0.3) is 0 Å². The molecule has 12 heteroatoms. The molecule has 12 nitrogen and oxygen atoms in total. The van der Waals surface area contributed by atoms with E-state index in [1.54, 1.807) is 17.0 Å². The van der Waals surface area contributed by atoms with E-state index in [2.05, 4.69) is 45.9 Å². The van der Waals surface area contributed by atoms with Gasteiger partial charge in [-0.3, -0.25) is 14.4 Å². The number of aromatic nitrogens is 4. The number of nitrogens with zero attached hydrogens (tertiary/aromatic N) is 5. The van der Waals surface area contributed by atoms with Crippen molar-refractivity contribution in [2.24, 2.45) is 23.3 Å². The van der Waals surface area contributed by atoms with Crippen molar-refractivity contribution in [2.45, 2.75) is 69.5 Å². The smallest absolute Gasteiger partial charge is 0.248 e. The number of tetrazole rings is 1. The van der Waals surface area contributed by atoms with Gasteiger partial charge >= 0.3 is 0 Å². The van der Waals surface area contributed by atoms with Gasteiger partial charge in [0.25, 0.3) is 0 Å². The topological polar surface area (TPSA) is 197 Å². The Morgan fingerprint density at radius 1 is 1.07 bits per heavy atom. The molecule has 222 valence electrons. The van der Waals surface area contributed by atoms with E-state index in [-0.39, 0.29) is 36.5 Å². The van der Waals surface area contributed by atoms with E-state index >= 15 is 0 Å². The third-order valence-electron chi connectivity index (χ3n) is 9.48. The maximum absolute atomic E-state index is 13.4. The number of nitriles is 1. The van der Waals surface area contributed by atoms with Crippen molar-refractivity contribution in [1.29, 1.82) is 5.26 Å². The van der Waals surface area contributed by atoms with Gasteiger partial charge in [-0.15, -0.1) is 10.2 Å². The number of nitrogens with one attached hydrogen (secondary N) is 2. The number of aromatic amines is 1. The lowest BCUT2D eigenvalue weighted by molar-refractivity contribution is -0.131. The number of H-pyrrole nitrogens is 1. The quantitative estimate of drug-likeness (QED) is 0.290. The Balaban J connectivity index is 1.45. The Bertz CT molecular complexity index is 1560. The van der Waals surface area contributed by atoms with E-state index in [0.717, 1.165) is 35.1 Å². The number of benzene rings is 2. The van der Waals surface area contributed by atoms with Crippen molar-refractivity contribution >= 4 is 17.7 Å². The molecule has 1 aliphatic heterocycles. The van der Waals surface area contributed by atoms with Crippen LogP contribution in [-0.4, -0.2) is 67.9 Å². The van der Waals surface area contributed by atoms with Gasteiger partial charge in [0, 0.05) is 23.2 Å². The SMILES string of the molecule is CC(C)[C@H](CC1(c2nn[nH]n2)c2ccc(C(N)=O)cc2CCc2cc(C(N)=O)ccc21)NCC(=O)N1C(C#N)C[C@@H]2C[C@@H]21. The molecule has 0 bridgehead atoms. The summed E-state index contributed by atoms with van der Waals surface area (Å²) in [5, 5.41) is 28.7.